The Labute approximate surface area is 200 Å². The summed E-state index contributed by atoms with van der Waals surface area (Å²) in [7, 11) is -3.70. The summed E-state index contributed by atoms with van der Waals surface area (Å²) < 4.78 is 31.4. The quantitative estimate of drug-likeness (QED) is 0.556. The van der Waals surface area contributed by atoms with Gasteiger partial charge < -0.3 is 5.32 Å². The van der Waals surface area contributed by atoms with Gasteiger partial charge in [-0.2, -0.15) is 14.5 Å². The van der Waals surface area contributed by atoms with Crippen LogP contribution >= 0.6 is 0 Å². The minimum Gasteiger partial charge on any atom is -0.352 e. The number of benzene rings is 1. The van der Waals surface area contributed by atoms with E-state index in [1.165, 1.54) is 4.31 Å². The first kappa shape index (κ1) is 24.2. The molecule has 1 atom stereocenters. The zero-order chi connectivity index (χ0) is 24.5. The average Bonchev–Trinajstić information content (AvgIpc) is 3.37. The molecule has 1 fully saturated rings. The first-order valence-corrected chi connectivity index (χ1v) is 13.1. The van der Waals surface area contributed by atoms with Gasteiger partial charge in [-0.3, -0.25) is 9.48 Å². The molecule has 34 heavy (non-hydrogen) atoms. The lowest BCUT2D eigenvalue weighted by Gasteiger charge is -2.31. The fraction of sp³-hybridized carbons (Fsp3) is 0.458. The van der Waals surface area contributed by atoms with E-state index in [0.717, 1.165) is 22.6 Å². The number of piperidine rings is 1. The van der Waals surface area contributed by atoms with E-state index in [-0.39, 0.29) is 17.3 Å². The molecule has 3 aromatic rings. The van der Waals surface area contributed by atoms with Gasteiger partial charge in [0.05, 0.1) is 23.0 Å². The summed E-state index contributed by atoms with van der Waals surface area (Å²) in [4.78, 5) is 13.2. The van der Waals surface area contributed by atoms with E-state index in [1.807, 2.05) is 55.8 Å². The molecule has 0 unspecified atom stereocenters. The maximum absolute atomic E-state index is 13.2. The number of aryl methyl sites for hydroxylation is 3. The van der Waals surface area contributed by atoms with Crippen molar-refractivity contribution >= 4 is 15.9 Å². The molecule has 1 N–H and O–H groups in total. The number of sulfonamides is 1. The number of rotatable bonds is 7. The molecule has 1 saturated heterocycles. The number of para-hydroxylation sites is 1. The van der Waals surface area contributed by atoms with E-state index < -0.39 is 15.9 Å². The van der Waals surface area contributed by atoms with Gasteiger partial charge in [0.25, 0.3) is 0 Å². The molecule has 2 aromatic heterocycles. The van der Waals surface area contributed by atoms with Crippen molar-refractivity contribution in [3.05, 3.63) is 59.2 Å². The van der Waals surface area contributed by atoms with Crippen LogP contribution in [0.3, 0.4) is 0 Å². The van der Waals surface area contributed by atoms with Crippen molar-refractivity contribution in [3.8, 4) is 5.69 Å². The molecular weight excluding hydrogens is 452 g/mol. The SMILES string of the molecule is CCn1cc(S(=O)(=O)N2CCC[C@H](C(=O)NCc3c(C)nn(-c4ccccc4)c3C)C2)c(C)n1. The van der Waals surface area contributed by atoms with E-state index >= 15 is 0 Å². The van der Waals surface area contributed by atoms with Crippen molar-refractivity contribution in [2.24, 2.45) is 5.92 Å². The second-order valence-electron chi connectivity index (χ2n) is 8.75. The minimum atomic E-state index is -3.70. The van der Waals surface area contributed by atoms with Crippen molar-refractivity contribution in [2.45, 2.75) is 58.5 Å². The predicted molar refractivity (Wildman–Crippen MR) is 129 cm³/mol. The lowest BCUT2D eigenvalue weighted by Crippen LogP contribution is -2.45. The van der Waals surface area contributed by atoms with Gasteiger partial charge >= 0.3 is 0 Å². The van der Waals surface area contributed by atoms with Crippen LogP contribution in [-0.2, 0) is 27.9 Å². The molecule has 10 heteroatoms. The Morgan fingerprint density at radius 2 is 1.85 bits per heavy atom. The first-order valence-electron chi connectivity index (χ1n) is 11.6. The number of amides is 1. The first-order chi connectivity index (χ1) is 16.2. The average molecular weight is 485 g/mol. The molecule has 1 amide bonds. The second-order valence-corrected chi connectivity index (χ2v) is 10.7. The molecule has 1 aliphatic heterocycles. The lowest BCUT2D eigenvalue weighted by molar-refractivity contribution is -0.126. The highest BCUT2D eigenvalue weighted by molar-refractivity contribution is 7.89. The van der Waals surface area contributed by atoms with Gasteiger partial charge in [-0.15, -0.1) is 0 Å². The normalized spacial score (nSPS) is 17.1. The third-order valence-electron chi connectivity index (χ3n) is 6.48. The number of carbonyl (C=O) groups is 1. The van der Waals surface area contributed by atoms with E-state index in [2.05, 4.69) is 15.5 Å². The molecule has 1 aliphatic rings. The van der Waals surface area contributed by atoms with Crippen molar-refractivity contribution in [1.29, 1.82) is 0 Å². The van der Waals surface area contributed by atoms with Crippen LogP contribution in [0.15, 0.2) is 41.4 Å². The lowest BCUT2D eigenvalue weighted by atomic mass is 9.98. The minimum absolute atomic E-state index is 0.132. The summed E-state index contributed by atoms with van der Waals surface area (Å²) in [5.41, 5.74) is 4.25. The summed E-state index contributed by atoms with van der Waals surface area (Å²) in [6.45, 7) is 9.07. The van der Waals surface area contributed by atoms with Crippen LogP contribution in [0.25, 0.3) is 5.69 Å². The van der Waals surface area contributed by atoms with Gasteiger partial charge in [0.15, 0.2) is 0 Å². The standard InChI is InChI=1S/C24H32N6O3S/c1-5-28-16-23(18(3)26-28)34(32,33)29-13-9-10-20(15-29)24(31)25-14-22-17(2)27-30(19(22)4)21-11-7-6-8-12-21/h6-8,11-12,16,20H,5,9-10,13-15H2,1-4H3,(H,25,31)/t20-/m0/s1. The highest BCUT2D eigenvalue weighted by atomic mass is 32.2. The van der Waals surface area contributed by atoms with Gasteiger partial charge in [-0.1, -0.05) is 18.2 Å². The van der Waals surface area contributed by atoms with Crippen LogP contribution in [0, 0.1) is 26.7 Å². The maximum Gasteiger partial charge on any atom is 0.246 e. The summed E-state index contributed by atoms with van der Waals surface area (Å²) in [5, 5.41) is 11.9. The number of hydrogen-bond donors (Lipinski definition) is 1. The summed E-state index contributed by atoms with van der Waals surface area (Å²) in [6.07, 6.45) is 2.87. The largest absolute Gasteiger partial charge is 0.352 e. The third kappa shape index (κ3) is 4.65. The molecule has 0 radical (unpaired) electrons. The van der Waals surface area contributed by atoms with Crippen LogP contribution in [0.1, 0.15) is 42.4 Å². The molecule has 182 valence electrons. The van der Waals surface area contributed by atoms with E-state index in [1.54, 1.807) is 17.8 Å². The van der Waals surface area contributed by atoms with Crippen molar-refractivity contribution < 1.29 is 13.2 Å². The number of carbonyl (C=O) groups excluding carboxylic acids is 1. The van der Waals surface area contributed by atoms with Crippen molar-refractivity contribution in [3.63, 3.8) is 0 Å². The molecule has 9 nitrogen and oxygen atoms in total. The third-order valence-corrected chi connectivity index (χ3v) is 8.45. The summed E-state index contributed by atoms with van der Waals surface area (Å²) in [6, 6.07) is 9.87. The molecule has 0 bridgehead atoms. The number of nitrogens with zero attached hydrogens (tertiary/aromatic N) is 5. The fourth-order valence-electron chi connectivity index (χ4n) is 4.50. The van der Waals surface area contributed by atoms with Gasteiger partial charge in [0, 0.05) is 43.6 Å². The van der Waals surface area contributed by atoms with Crippen LogP contribution in [0.2, 0.25) is 0 Å². The maximum atomic E-state index is 13.2. The van der Waals surface area contributed by atoms with Crippen LogP contribution in [0.4, 0.5) is 0 Å². The highest BCUT2D eigenvalue weighted by Gasteiger charge is 2.35. The van der Waals surface area contributed by atoms with E-state index in [4.69, 9.17) is 0 Å². The number of hydrogen-bond acceptors (Lipinski definition) is 5. The number of aromatic nitrogens is 4. The van der Waals surface area contributed by atoms with Crippen molar-refractivity contribution in [1.82, 2.24) is 29.2 Å². The Morgan fingerprint density at radius 1 is 1.12 bits per heavy atom. The molecule has 4 rings (SSSR count). The second kappa shape index (κ2) is 9.71. The molecule has 0 aliphatic carbocycles. The molecular formula is C24H32N6O3S. The van der Waals surface area contributed by atoms with Gasteiger partial charge in [-0.25, -0.2) is 13.1 Å². The monoisotopic (exact) mass is 484 g/mol. The zero-order valence-corrected chi connectivity index (χ0v) is 21.0. The summed E-state index contributed by atoms with van der Waals surface area (Å²) in [5.74, 6) is -0.526. The summed E-state index contributed by atoms with van der Waals surface area (Å²) >= 11 is 0. The highest BCUT2D eigenvalue weighted by Crippen LogP contribution is 2.26. The predicted octanol–water partition coefficient (Wildman–Crippen LogP) is 2.73. The van der Waals surface area contributed by atoms with Gasteiger partial charge in [0.2, 0.25) is 15.9 Å². The fourth-order valence-corrected chi connectivity index (χ4v) is 6.19. The van der Waals surface area contributed by atoms with Gasteiger partial charge in [0.1, 0.15) is 4.90 Å². The van der Waals surface area contributed by atoms with Crippen LogP contribution in [-0.4, -0.2) is 51.3 Å². The van der Waals surface area contributed by atoms with Crippen LogP contribution < -0.4 is 5.32 Å². The Hall–Kier alpha value is -2.98. The zero-order valence-electron chi connectivity index (χ0n) is 20.2. The Kier molecular flexibility index (Phi) is 6.90. The van der Waals surface area contributed by atoms with Crippen LogP contribution in [0.5, 0.6) is 0 Å². The molecule has 0 saturated carbocycles. The number of nitrogens with one attached hydrogen (secondary N) is 1. The Morgan fingerprint density at radius 3 is 2.53 bits per heavy atom. The Bertz CT molecular complexity index is 1280. The molecule has 1 aromatic carbocycles. The Balaban J connectivity index is 1.44. The van der Waals surface area contributed by atoms with Gasteiger partial charge in [-0.05, 0) is 52.7 Å². The topological polar surface area (TPSA) is 102 Å². The van der Waals surface area contributed by atoms with E-state index in [9.17, 15) is 13.2 Å². The smallest absolute Gasteiger partial charge is 0.246 e. The van der Waals surface area contributed by atoms with E-state index in [0.29, 0.717) is 38.2 Å². The van der Waals surface area contributed by atoms with Crippen molar-refractivity contribution in [2.75, 3.05) is 13.1 Å². The molecule has 3 heterocycles. The molecule has 0 spiro atoms.